The van der Waals surface area contributed by atoms with E-state index in [1.807, 2.05) is 79.7 Å². The van der Waals surface area contributed by atoms with Gasteiger partial charge in [-0.1, -0.05) is 54.1 Å². The summed E-state index contributed by atoms with van der Waals surface area (Å²) < 4.78 is 5.44. The number of anilines is 2. The lowest BCUT2D eigenvalue weighted by Gasteiger charge is -2.23. The van der Waals surface area contributed by atoms with Gasteiger partial charge in [-0.25, -0.2) is 4.79 Å². The Morgan fingerprint density at radius 1 is 0.867 bits per heavy atom. The Hall–Kier alpha value is -3.80. The van der Waals surface area contributed by atoms with Crippen LogP contribution in [-0.4, -0.2) is 31.6 Å². The number of urea groups is 1. The predicted molar refractivity (Wildman–Crippen MR) is 119 cm³/mol. The maximum Gasteiger partial charge on any atom is 0.326 e. The maximum absolute atomic E-state index is 12.9. The Labute approximate surface area is 176 Å². The molecule has 0 aliphatic carbocycles. The topological polar surface area (TPSA) is 70.7 Å². The van der Waals surface area contributed by atoms with E-state index in [9.17, 15) is 9.59 Å². The second-order valence-corrected chi connectivity index (χ2v) is 6.74. The minimum absolute atomic E-state index is 0.0785. The summed E-state index contributed by atoms with van der Waals surface area (Å²) in [5.74, 6) is 0.391. The van der Waals surface area contributed by atoms with E-state index in [1.165, 1.54) is 0 Å². The summed E-state index contributed by atoms with van der Waals surface area (Å²) in [4.78, 5) is 26.5. The average Bonchev–Trinajstić information content (AvgIpc) is 2.78. The lowest BCUT2D eigenvalue weighted by atomic mass is 10.2. The molecule has 0 aliphatic heterocycles. The molecule has 3 aromatic rings. The Morgan fingerprint density at radius 2 is 1.50 bits per heavy atom. The fraction of sp³-hybridized carbons (Fsp3) is 0.167. The molecule has 3 amide bonds. The standard InChI is InChI=1S/C24H25N3O3/c1-19-12-14-20(15-13-19)26-24(29)27(21-8-4-2-5-9-21)17-16-25-23(28)18-30-22-10-6-3-7-11-22/h2-15H,16-18H2,1H3,(H,25,28)(H,26,29). The zero-order valence-electron chi connectivity index (χ0n) is 16.9. The lowest BCUT2D eigenvalue weighted by Crippen LogP contribution is -2.41. The Morgan fingerprint density at radius 3 is 2.17 bits per heavy atom. The number of carbonyl (C=O) groups excluding carboxylic acids is 2. The third-order valence-corrected chi connectivity index (χ3v) is 4.39. The van der Waals surface area contributed by atoms with E-state index in [2.05, 4.69) is 10.6 Å². The number of aryl methyl sites for hydroxylation is 1. The Kier molecular flexibility index (Phi) is 7.44. The SMILES string of the molecule is Cc1ccc(NC(=O)N(CCNC(=O)COc2ccccc2)c2ccccc2)cc1. The molecule has 6 nitrogen and oxygen atoms in total. The highest BCUT2D eigenvalue weighted by Crippen LogP contribution is 2.16. The van der Waals surface area contributed by atoms with Crippen LogP contribution in [0, 0.1) is 6.92 Å². The first kappa shape index (κ1) is 20.9. The van der Waals surface area contributed by atoms with Crippen molar-refractivity contribution in [2.45, 2.75) is 6.92 Å². The number of benzene rings is 3. The fourth-order valence-electron chi connectivity index (χ4n) is 2.81. The van der Waals surface area contributed by atoms with Crippen LogP contribution in [0.3, 0.4) is 0 Å². The van der Waals surface area contributed by atoms with Crippen LogP contribution >= 0.6 is 0 Å². The van der Waals surface area contributed by atoms with Crippen molar-refractivity contribution in [3.8, 4) is 5.75 Å². The number of para-hydroxylation sites is 2. The van der Waals surface area contributed by atoms with Crippen molar-refractivity contribution in [2.24, 2.45) is 0 Å². The van der Waals surface area contributed by atoms with Gasteiger partial charge in [0.05, 0.1) is 0 Å². The molecular weight excluding hydrogens is 378 g/mol. The van der Waals surface area contributed by atoms with Gasteiger partial charge in [-0.2, -0.15) is 0 Å². The van der Waals surface area contributed by atoms with Crippen LogP contribution in [0.25, 0.3) is 0 Å². The lowest BCUT2D eigenvalue weighted by molar-refractivity contribution is -0.123. The van der Waals surface area contributed by atoms with E-state index in [4.69, 9.17) is 4.74 Å². The first-order valence-corrected chi connectivity index (χ1v) is 9.76. The molecule has 0 aliphatic rings. The van der Waals surface area contributed by atoms with Crippen LogP contribution in [0.15, 0.2) is 84.9 Å². The van der Waals surface area contributed by atoms with Gasteiger partial charge in [0.1, 0.15) is 5.75 Å². The summed E-state index contributed by atoms with van der Waals surface area (Å²) >= 11 is 0. The molecule has 0 radical (unpaired) electrons. The maximum atomic E-state index is 12.9. The largest absolute Gasteiger partial charge is 0.484 e. The molecule has 3 aromatic carbocycles. The van der Waals surface area contributed by atoms with Gasteiger partial charge in [-0.05, 0) is 43.3 Å². The van der Waals surface area contributed by atoms with Crippen LogP contribution < -0.4 is 20.3 Å². The van der Waals surface area contributed by atoms with Gasteiger partial charge in [0.25, 0.3) is 5.91 Å². The molecule has 3 rings (SSSR count). The number of hydrogen-bond donors (Lipinski definition) is 2. The normalized spacial score (nSPS) is 10.2. The zero-order chi connectivity index (χ0) is 21.2. The summed E-state index contributed by atoms with van der Waals surface area (Å²) in [7, 11) is 0. The van der Waals surface area contributed by atoms with E-state index in [0.29, 0.717) is 24.5 Å². The van der Waals surface area contributed by atoms with Gasteiger partial charge in [-0.3, -0.25) is 9.69 Å². The number of ether oxygens (including phenoxy) is 1. The van der Waals surface area contributed by atoms with Gasteiger partial charge >= 0.3 is 6.03 Å². The van der Waals surface area contributed by atoms with E-state index in [0.717, 1.165) is 11.3 Å². The zero-order valence-corrected chi connectivity index (χ0v) is 16.9. The second kappa shape index (κ2) is 10.7. The predicted octanol–water partition coefficient (Wildman–Crippen LogP) is 4.23. The molecular formula is C24H25N3O3. The first-order valence-electron chi connectivity index (χ1n) is 9.76. The van der Waals surface area contributed by atoms with Crippen LogP contribution in [-0.2, 0) is 4.79 Å². The molecule has 0 fully saturated rings. The highest BCUT2D eigenvalue weighted by Gasteiger charge is 2.16. The van der Waals surface area contributed by atoms with Crippen molar-refractivity contribution in [3.63, 3.8) is 0 Å². The van der Waals surface area contributed by atoms with E-state index < -0.39 is 0 Å². The van der Waals surface area contributed by atoms with Crippen LogP contribution in [0.1, 0.15) is 5.56 Å². The van der Waals surface area contributed by atoms with Gasteiger partial charge < -0.3 is 15.4 Å². The highest BCUT2D eigenvalue weighted by atomic mass is 16.5. The fourth-order valence-corrected chi connectivity index (χ4v) is 2.81. The number of carbonyl (C=O) groups is 2. The van der Waals surface area contributed by atoms with Crippen LogP contribution in [0.2, 0.25) is 0 Å². The Balaban J connectivity index is 1.55. The van der Waals surface area contributed by atoms with E-state index in [-0.39, 0.29) is 18.5 Å². The first-order chi connectivity index (χ1) is 14.6. The van der Waals surface area contributed by atoms with Gasteiger partial charge in [0.2, 0.25) is 0 Å². The van der Waals surface area contributed by atoms with Crippen molar-refractivity contribution in [1.29, 1.82) is 0 Å². The van der Waals surface area contributed by atoms with E-state index >= 15 is 0 Å². The number of nitrogens with zero attached hydrogens (tertiary/aromatic N) is 1. The molecule has 0 atom stereocenters. The molecule has 0 unspecified atom stereocenters. The molecule has 2 N–H and O–H groups in total. The van der Waals surface area contributed by atoms with E-state index in [1.54, 1.807) is 17.0 Å². The van der Waals surface area contributed by atoms with Crippen LogP contribution in [0.5, 0.6) is 5.75 Å². The second-order valence-electron chi connectivity index (χ2n) is 6.74. The summed E-state index contributed by atoms with van der Waals surface area (Å²) in [6, 6.07) is 25.8. The molecule has 154 valence electrons. The third kappa shape index (κ3) is 6.38. The third-order valence-electron chi connectivity index (χ3n) is 4.39. The number of nitrogens with one attached hydrogen (secondary N) is 2. The molecule has 0 saturated heterocycles. The van der Waals surface area contributed by atoms with Gasteiger partial charge in [-0.15, -0.1) is 0 Å². The average molecular weight is 403 g/mol. The van der Waals surface area contributed by atoms with Crippen molar-refractivity contribution in [3.05, 3.63) is 90.5 Å². The number of hydrogen-bond acceptors (Lipinski definition) is 3. The summed E-state index contributed by atoms with van der Waals surface area (Å²) in [6.07, 6.45) is 0. The van der Waals surface area contributed by atoms with Crippen LogP contribution in [0.4, 0.5) is 16.2 Å². The number of rotatable bonds is 8. The molecule has 0 heterocycles. The molecule has 0 saturated carbocycles. The minimum atomic E-state index is -0.264. The monoisotopic (exact) mass is 403 g/mol. The summed E-state index contributed by atoms with van der Waals surface area (Å²) in [6.45, 7) is 2.53. The van der Waals surface area contributed by atoms with Crippen molar-refractivity contribution < 1.29 is 14.3 Å². The molecule has 6 heteroatoms. The van der Waals surface area contributed by atoms with Gasteiger partial charge in [0.15, 0.2) is 6.61 Å². The summed E-state index contributed by atoms with van der Waals surface area (Å²) in [5, 5.41) is 5.70. The molecule has 30 heavy (non-hydrogen) atoms. The van der Waals surface area contributed by atoms with Crippen molar-refractivity contribution >= 4 is 23.3 Å². The van der Waals surface area contributed by atoms with Crippen molar-refractivity contribution in [1.82, 2.24) is 5.32 Å². The highest BCUT2D eigenvalue weighted by molar-refractivity contribution is 6.01. The quantitative estimate of drug-likeness (QED) is 0.591. The summed E-state index contributed by atoms with van der Waals surface area (Å²) in [5.41, 5.74) is 2.58. The molecule has 0 spiro atoms. The molecule has 0 bridgehead atoms. The smallest absolute Gasteiger partial charge is 0.326 e. The number of amides is 3. The van der Waals surface area contributed by atoms with Crippen molar-refractivity contribution in [2.75, 3.05) is 29.9 Å². The Bertz CT molecular complexity index is 944. The minimum Gasteiger partial charge on any atom is -0.484 e. The molecule has 0 aromatic heterocycles. The van der Waals surface area contributed by atoms with Gasteiger partial charge in [0, 0.05) is 24.5 Å².